The first kappa shape index (κ1) is 23.3. The summed E-state index contributed by atoms with van der Waals surface area (Å²) in [7, 11) is 0. The van der Waals surface area contributed by atoms with Crippen molar-refractivity contribution >= 4 is 65.7 Å². The molecule has 7 aromatic carbocycles. The zero-order valence-electron chi connectivity index (χ0n) is 31.7. The third-order valence-electron chi connectivity index (χ3n) is 9.56. The van der Waals surface area contributed by atoms with Crippen LogP contribution in [0, 0.1) is 0 Å². The minimum absolute atomic E-state index is 0.0830. The van der Waals surface area contributed by atoms with Crippen LogP contribution in [0.15, 0.2) is 166 Å². The maximum absolute atomic E-state index is 8.79. The van der Waals surface area contributed by atoms with Crippen molar-refractivity contribution in [2.24, 2.45) is 0 Å². The molecule has 11 aromatic rings. The number of furan rings is 2. The van der Waals surface area contributed by atoms with Crippen molar-refractivity contribution in [2.45, 2.75) is 0 Å². The second kappa shape index (κ2) is 10.7. The average molecular weight is 660 g/mol. The van der Waals surface area contributed by atoms with Crippen molar-refractivity contribution in [1.29, 1.82) is 0 Å². The number of para-hydroxylation sites is 5. The molecule has 0 fully saturated rings. The van der Waals surface area contributed by atoms with Crippen LogP contribution in [-0.4, -0.2) is 19.5 Å². The van der Waals surface area contributed by atoms with E-state index in [1.165, 1.54) is 0 Å². The molecule has 0 saturated heterocycles. The Morgan fingerprint density at radius 3 is 1.88 bits per heavy atom. The molecule has 51 heavy (non-hydrogen) atoms. The highest BCUT2D eigenvalue weighted by molar-refractivity contribution is 6.11. The fraction of sp³-hybridized carbons (Fsp3) is 0. The lowest BCUT2D eigenvalue weighted by Crippen LogP contribution is -2.00. The number of hydrogen-bond acceptors (Lipinski definition) is 5. The second-order valence-corrected chi connectivity index (χ2v) is 12.5. The van der Waals surface area contributed by atoms with Gasteiger partial charge in [-0.05, 0) is 66.7 Å². The van der Waals surface area contributed by atoms with E-state index in [0.29, 0.717) is 50.8 Å². The first-order valence-electron chi connectivity index (χ1n) is 19.0. The summed E-state index contributed by atoms with van der Waals surface area (Å²) in [4.78, 5) is 15.2. The highest BCUT2D eigenvalue weighted by Gasteiger charge is 2.20. The number of rotatable bonds is 4. The number of benzene rings is 7. The van der Waals surface area contributed by atoms with Gasteiger partial charge in [0, 0.05) is 49.1 Å². The molecule has 0 spiro atoms. The summed E-state index contributed by atoms with van der Waals surface area (Å²) in [6.45, 7) is 0. The topological polar surface area (TPSA) is 69.9 Å². The zero-order chi connectivity index (χ0) is 37.8. The molecule has 6 heteroatoms. The van der Waals surface area contributed by atoms with Crippen molar-refractivity contribution in [2.75, 3.05) is 0 Å². The number of aromatic nitrogens is 4. The Kier molecular flexibility index (Phi) is 4.91. The van der Waals surface area contributed by atoms with Crippen LogP contribution in [0.5, 0.6) is 0 Å². The van der Waals surface area contributed by atoms with E-state index in [9.17, 15) is 0 Å². The maximum Gasteiger partial charge on any atom is 0.167 e. The molecule has 4 aromatic heterocycles. The average Bonchev–Trinajstić information content (AvgIpc) is 3.91. The maximum atomic E-state index is 8.79. The van der Waals surface area contributed by atoms with Gasteiger partial charge in [0.2, 0.25) is 0 Å². The van der Waals surface area contributed by atoms with Gasteiger partial charge < -0.3 is 13.4 Å². The molecule has 4 heterocycles. The summed E-state index contributed by atoms with van der Waals surface area (Å²) in [5, 5.41) is 5.61. The van der Waals surface area contributed by atoms with Crippen LogP contribution in [0.2, 0.25) is 0 Å². The van der Waals surface area contributed by atoms with Crippen molar-refractivity contribution in [1.82, 2.24) is 19.5 Å². The zero-order valence-corrected chi connectivity index (χ0v) is 26.7. The molecule has 0 amide bonds. The lowest BCUT2D eigenvalue weighted by Gasteiger charge is -2.10. The van der Waals surface area contributed by atoms with E-state index in [0.717, 1.165) is 49.0 Å². The van der Waals surface area contributed by atoms with Gasteiger partial charge in [-0.1, -0.05) is 90.9 Å². The quantitative estimate of drug-likeness (QED) is 0.188. The molecule has 0 saturated carbocycles. The second-order valence-electron chi connectivity index (χ2n) is 12.5. The monoisotopic (exact) mass is 659 g/mol. The molecule has 0 radical (unpaired) electrons. The first-order valence-corrected chi connectivity index (χ1v) is 16.5. The third-order valence-corrected chi connectivity index (χ3v) is 9.56. The van der Waals surface area contributed by atoms with Crippen LogP contribution in [0.3, 0.4) is 0 Å². The van der Waals surface area contributed by atoms with E-state index in [2.05, 4.69) is 0 Å². The largest absolute Gasteiger partial charge is 0.456 e. The van der Waals surface area contributed by atoms with E-state index in [1.807, 2.05) is 127 Å². The molecule has 0 atom stereocenters. The van der Waals surface area contributed by atoms with Gasteiger partial charge in [0.1, 0.15) is 22.3 Å². The summed E-state index contributed by atoms with van der Waals surface area (Å²) < 4.78 is 56.9. The highest BCUT2D eigenvalue weighted by atomic mass is 16.3. The Hall–Kier alpha value is -7.05. The molecule has 0 aliphatic heterocycles. The Morgan fingerprint density at radius 1 is 0.451 bits per heavy atom. The molecule has 0 bridgehead atoms. The van der Waals surface area contributed by atoms with Crippen molar-refractivity contribution in [3.05, 3.63) is 158 Å². The summed E-state index contributed by atoms with van der Waals surface area (Å²) in [6, 6.07) is 39.4. The van der Waals surface area contributed by atoms with Gasteiger partial charge in [-0.25, -0.2) is 15.0 Å². The Balaban J connectivity index is 1.16. The Bertz CT molecular complexity index is 3430. The lowest BCUT2D eigenvalue weighted by molar-refractivity contribution is 0.668. The van der Waals surface area contributed by atoms with E-state index in [4.69, 9.17) is 30.6 Å². The molecule has 0 aliphatic carbocycles. The van der Waals surface area contributed by atoms with Crippen LogP contribution in [-0.2, 0) is 0 Å². The molecule has 238 valence electrons. The summed E-state index contributed by atoms with van der Waals surface area (Å²) in [5.41, 5.74) is 6.56. The number of fused-ring (bicyclic) bond motifs is 9. The SMILES string of the molecule is [2H]c1c([2H])c([2H])c(-n2c3ccccc3c3cc(-c4nc(-c5ccc6c(c5)oc5ccccc56)nc(-c5cccc6c5oc5ccccc56)n4)ccc32)c([2H])c1[2H]. The third kappa shape index (κ3) is 4.26. The predicted molar refractivity (Wildman–Crippen MR) is 205 cm³/mol. The van der Waals surface area contributed by atoms with Crippen molar-refractivity contribution in [3.63, 3.8) is 0 Å². The molecular formula is C45H26N4O2. The van der Waals surface area contributed by atoms with Crippen LogP contribution in [0.25, 0.3) is 106 Å². The summed E-state index contributed by atoms with van der Waals surface area (Å²) in [5.74, 6) is 1.30. The Morgan fingerprint density at radius 2 is 1.06 bits per heavy atom. The predicted octanol–water partition coefficient (Wildman–Crippen LogP) is 11.8. The molecule has 6 nitrogen and oxygen atoms in total. The van der Waals surface area contributed by atoms with Crippen LogP contribution in [0.1, 0.15) is 6.85 Å². The number of hydrogen-bond donors (Lipinski definition) is 0. The van der Waals surface area contributed by atoms with Crippen LogP contribution in [0.4, 0.5) is 0 Å². The fourth-order valence-corrected chi connectivity index (χ4v) is 7.25. The first-order chi connectivity index (χ1) is 27.3. The van der Waals surface area contributed by atoms with Gasteiger partial charge in [0.25, 0.3) is 0 Å². The minimum Gasteiger partial charge on any atom is -0.456 e. The normalized spacial score (nSPS) is 13.3. The fourth-order valence-electron chi connectivity index (χ4n) is 7.25. The van der Waals surface area contributed by atoms with E-state index < -0.39 is 18.1 Å². The van der Waals surface area contributed by atoms with Crippen LogP contribution >= 0.6 is 0 Å². The van der Waals surface area contributed by atoms with Crippen LogP contribution < -0.4 is 0 Å². The molecular weight excluding hydrogens is 629 g/mol. The Labute approximate surface area is 297 Å². The van der Waals surface area contributed by atoms with Gasteiger partial charge in [0.05, 0.1) is 23.5 Å². The highest BCUT2D eigenvalue weighted by Crippen LogP contribution is 2.38. The van der Waals surface area contributed by atoms with E-state index >= 15 is 0 Å². The lowest BCUT2D eigenvalue weighted by atomic mass is 10.1. The van der Waals surface area contributed by atoms with E-state index in [-0.39, 0.29) is 17.8 Å². The molecule has 0 unspecified atom stereocenters. The summed E-state index contributed by atoms with van der Waals surface area (Å²) in [6.07, 6.45) is 0. The smallest absolute Gasteiger partial charge is 0.167 e. The molecule has 0 aliphatic rings. The van der Waals surface area contributed by atoms with Gasteiger partial charge in [0.15, 0.2) is 17.5 Å². The minimum atomic E-state index is -0.439. The molecule has 0 N–H and O–H groups in total. The number of nitrogens with zero attached hydrogens (tertiary/aromatic N) is 4. The van der Waals surface area contributed by atoms with Gasteiger partial charge in [-0.3, -0.25) is 0 Å². The van der Waals surface area contributed by atoms with Crippen molar-refractivity contribution < 1.29 is 15.7 Å². The van der Waals surface area contributed by atoms with E-state index in [1.54, 1.807) is 4.57 Å². The van der Waals surface area contributed by atoms with Gasteiger partial charge in [-0.15, -0.1) is 0 Å². The molecule has 11 rings (SSSR count). The summed E-state index contributed by atoms with van der Waals surface area (Å²) >= 11 is 0. The standard InChI is InChI=1S/C45H26N4O2/c1-2-11-29(12-3-1)49-37-18-7-4-13-30(37)36-25-27(22-24-38(36)49)43-46-44(28-21-23-33-31-14-5-8-19-39(31)50-41(33)26-28)48-45(47-43)35-17-10-16-34-32-15-6-9-20-40(32)51-42(34)35/h1-26H/i1D,2D,3D,11D,12D. The van der Waals surface area contributed by atoms with Crippen molar-refractivity contribution in [3.8, 4) is 39.9 Å². The van der Waals surface area contributed by atoms with Gasteiger partial charge in [-0.2, -0.15) is 0 Å². The van der Waals surface area contributed by atoms with Gasteiger partial charge >= 0.3 is 0 Å².